The lowest BCUT2D eigenvalue weighted by Gasteiger charge is -2.43. The fraction of sp³-hybridized carbons (Fsp3) is 0.462. The lowest BCUT2D eigenvalue weighted by atomic mass is 9.92. The molecule has 1 fully saturated rings. The van der Waals surface area contributed by atoms with Crippen LogP contribution in [0.3, 0.4) is 0 Å². The summed E-state index contributed by atoms with van der Waals surface area (Å²) in [6.07, 6.45) is 0.177. The normalized spacial score (nSPS) is 18.3. The van der Waals surface area contributed by atoms with Crippen molar-refractivity contribution in [3.05, 3.63) is 23.8 Å². The number of hydrogen-bond acceptors (Lipinski definition) is 4. The number of aromatic hydroxyl groups is 2. The van der Waals surface area contributed by atoms with E-state index < -0.39 is 5.97 Å². The summed E-state index contributed by atoms with van der Waals surface area (Å²) in [6, 6.07) is 4.56. The SMILES string of the molecule is CC(c1c(O)cccc1O)N1CC(CC(=O)O)C1. The van der Waals surface area contributed by atoms with E-state index in [9.17, 15) is 15.0 Å². The average Bonchev–Trinajstić information content (AvgIpc) is 2.22. The van der Waals surface area contributed by atoms with Gasteiger partial charge in [0.05, 0.1) is 12.0 Å². The number of hydrogen-bond donors (Lipinski definition) is 3. The molecule has 1 saturated heterocycles. The number of benzene rings is 1. The number of phenolic OH excluding ortho intramolecular Hbond substituents is 2. The van der Waals surface area contributed by atoms with Gasteiger partial charge < -0.3 is 15.3 Å². The van der Waals surface area contributed by atoms with Crippen LogP contribution in [-0.2, 0) is 4.79 Å². The Balaban J connectivity index is 2.02. The summed E-state index contributed by atoms with van der Waals surface area (Å²) in [5, 5.41) is 28.2. The maximum atomic E-state index is 10.6. The second kappa shape index (κ2) is 4.86. The van der Waals surface area contributed by atoms with Gasteiger partial charge >= 0.3 is 5.97 Å². The molecule has 18 heavy (non-hydrogen) atoms. The van der Waals surface area contributed by atoms with E-state index in [2.05, 4.69) is 0 Å². The van der Waals surface area contributed by atoms with E-state index in [1.165, 1.54) is 0 Å². The molecule has 2 rings (SSSR count). The highest BCUT2D eigenvalue weighted by Crippen LogP contribution is 2.38. The summed E-state index contributed by atoms with van der Waals surface area (Å²) in [5.74, 6) is -0.468. The maximum Gasteiger partial charge on any atom is 0.303 e. The maximum absolute atomic E-state index is 10.6. The summed E-state index contributed by atoms with van der Waals surface area (Å²) in [6.45, 7) is 3.26. The van der Waals surface area contributed by atoms with Crippen LogP contribution in [-0.4, -0.2) is 39.3 Å². The van der Waals surface area contributed by atoms with Gasteiger partial charge in [-0.25, -0.2) is 0 Å². The fourth-order valence-corrected chi connectivity index (χ4v) is 2.45. The van der Waals surface area contributed by atoms with Gasteiger partial charge in [-0.3, -0.25) is 9.69 Å². The Kier molecular flexibility index (Phi) is 3.43. The zero-order valence-electron chi connectivity index (χ0n) is 10.2. The molecule has 1 aromatic carbocycles. The highest BCUT2D eigenvalue weighted by atomic mass is 16.4. The van der Waals surface area contributed by atoms with Gasteiger partial charge in [0.15, 0.2) is 0 Å². The van der Waals surface area contributed by atoms with Crippen LogP contribution in [0.25, 0.3) is 0 Å². The number of carbonyl (C=O) groups is 1. The number of likely N-dealkylation sites (tertiary alicyclic amines) is 1. The Morgan fingerprint density at radius 3 is 2.44 bits per heavy atom. The van der Waals surface area contributed by atoms with Gasteiger partial charge in [-0.15, -0.1) is 0 Å². The van der Waals surface area contributed by atoms with E-state index >= 15 is 0 Å². The first-order chi connectivity index (χ1) is 8.49. The molecule has 0 bridgehead atoms. The predicted molar refractivity (Wildman–Crippen MR) is 65.5 cm³/mol. The molecule has 98 valence electrons. The quantitative estimate of drug-likeness (QED) is 0.756. The molecule has 0 aromatic heterocycles. The molecule has 5 heteroatoms. The standard InChI is InChI=1S/C13H17NO4/c1-8(13-10(15)3-2-4-11(13)16)14-6-9(7-14)5-12(17)18/h2-4,8-9,15-16H,5-7H2,1H3,(H,17,18). The van der Waals surface area contributed by atoms with E-state index in [0.717, 1.165) is 0 Å². The monoisotopic (exact) mass is 251 g/mol. The summed E-state index contributed by atoms with van der Waals surface area (Å²) in [4.78, 5) is 12.6. The molecule has 0 amide bonds. The number of rotatable bonds is 4. The Labute approximate surface area is 105 Å². The summed E-state index contributed by atoms with van der Waals surface area (Å²) >= 11 is 0. The van der Waals surface area contributed by atoms with Crippen molar-refractivity contribution in [2.45, 2.75) is 19.4 Å². The van der Waals surface area contributed by atoms with Crippen molar-refractivity contribution in [2.75, 3.05) is 13.1 Å². The van der Waals surface area contributed by atoms with Crippen LogP contribution < -0.4 is 0 Å². The van der Waals surface area contributed by atoms with Gasteiger partial charge in [0.25, 0.3) is 0 Å². The molecule has 1 aliphatic rings. The molecule has 1 heterocycles. The Hall–Kier alpha value is -1.75. The van der Waals surface area contributed by atoms with Crippen molar-refractivity contribution < 1.29 is 20.1 Å². The van der Waals surface area contributed by atoms with E-state index in [0.29, 0.717) is 18.7 Å². The van der Waals surface area contributed by atoms with Crippen LogP contribution in [0.15, 0.2) is 18.2 Å². The molecule has 1 atom stereocenters. The molecular formula is C13H17NO4. The average molecular weight is 251 g/mol. The summed E-state index contributed by atoms with van der Waals surface area (Å²) in [5.41, 5.74) is 0.506. The highest BCUT2D eigenvalue weighted by Gasteiger charge is 2.33. The minimum atomic E-state index is -0.780. The smallest absolute Gasteiger partial charge is 0.303 e. The Morgan fingerprint density at radius 1 is 1.39 bits per heavy atom. The third-order valence-corrected chi connectivity index (χ3v) is 3.47. The molecule has 3 N–H and O–H groups in total. The lowest BCUT2D eigenvalue weighted by molar-refractivity contribution is -0.139. The van der Waals surface area contributed by atoms with Gasteiger partial charge in [0.1, 0.15) is 11.5 Å². The first kappa shape index (κ1) is 12.7. The first-order valence-corrected chi connectivity index (χ1v) is 5.95. The van der Waals surface area contributed by atoms with Gasteiger partial charge in [-0.2, -0.15) is 0 Å². The summed E-state index contributed by atoms with van der Waals surface area (Å²) in [7, 11) is 0. The number of carboxylic acids is 1. The molecule has 0 spiro atoms. The Morgan fingerprint density at radius 2 is 1.94 bits per heavy atom. The topological polar surface area (TPSA) is 81.0 Å². The zero-order chi connectivity index (χ0) is 13.3. The minimum Gasteiger partial charge on any atom is -0.507 e. The molecule has 0 aliphatic carbocycles. The van der Waals surface area contributed by atoms with Crippen LogP contribution in [0.1, 0.15) is 24.9 Å². The van der Waals surface area contributed by atoms with Crippen LogP contribution >= 0.6 is 0 Å². The second-order valence-electron chi connectivity index (χ2n) is 4.80. The van der Waals surface area contributed by atoms with Crippen molar-refractivity contribution in [3.63, 3.8) is 0 Å². The summed E-state index contributed by atoms with van der Waals surface area (Å²) < 4.78 is 0. The third-order valence-electron chi connectivity index (χ3n) is 3.47. The van der Waals surface area contributed by atoms with Crippen LogP contribution in [0.4, 0.5) is 0 Å². The fourth-order valence-electron chi connectivity index (χ4n) is 2.45. The second-order valence-corrected chi connectivity index (χ2v) is 4.80. The molecular weight excluding hydrogens is 234 g/mol. The minimum absolute atomic E-state index is 0.0733. The van der Waals surface area contributed by atoms with Crippen LogP contribution in [0.2, 0.25) is 0 Å². The van der Waals surface area contributed by atoms with Gasteiger partial charge in [-0.1, -0.05) is 6.07 Å². The van der Waals surface area contributed by atoms with Gasteiger partial charge in [-0.05, 0) is 25.0 Å². The van der Waals surface area contributed by atoms with Crippen molar-refractivity contribution in [2.24, 2.45) is 5.92 Å². The molecule has 1 aromatic rings. The van der Waals surface area contributed by atoms with E-state index in [-0.39, 0.29) is 29.9 Å². The number of nitrogens with zero attached hydrogens (tertiary/aromatic N) is 1. The Bertz CT molecular complexity index is 434. The number of phenols is 2. The van der Waals surface area contributed by atoms with Crippen LogP contribution in [0, 0.1) is 5.92 Å². The van der Waals surface area contributed by atoms with Crippen molar-refractivity contribution >= 4 is 5.97 Å². The van der Waals surface area contributed by atoms with Crippen molar-refractivity contribution in [1.82, 2.24) is 4.90 Å². The molecule has 5 nitrogen and oxygen atoms in total. The van der Waals surface area contributed by atoms with Crippen LogP contribution in [0.5, 0.6) is 11.5 Å². The van der Waals surface area contributed by atoms with Gasteiger partial charge in [0, 0.05) is 19.1 Å². The molecule has 0 saturated carbocycles. The molecule has 1 unspecified atom stereocenters. The van der Waals surface area contributed by atoms with E-state index in [4.69, 9.17) is 5.11 Å². The van der Waals surface area contributed by atoms with E-state index in [1.807, 2.05) is 11.8 Å². The van der Waals surface area contributed by atoms with Crippen molar-refractivity contribution in [3.8, 4) is 11.5 Å². The predicted octanol–water partition coefficient (Wildman–Crippen LogP) is 1.57. The first-order valence-electron chi connectivity index (χ1n) is 5.95. The van der Waals surface area contributed by atoms with E-state index in [1.54, 1.807) is 18.2 Å². The third kappa shape index (κ3) is 2.41. The number of carboxylic acid groups (broad SMARTS) is 1. The highest BCUT2D eigenvalue weighted by molar-refractivity contribution is 5.67. The van der Waals surface area contributed by atoms with Crippen molar-refractivity contribution in [1.29, 1.82) is 0 Å². The van der Waals surface area contributed by atoms with Gasteiger partial charge in [0.2, 0.25) is 0 Å². The zero-order valence-corrected chi connectivity index (χ0v) is 10.2. The molecule has 1 aliphatic heterocycles. The lowest BCUT2D eigenvalue weighted by Crippen LogP contribution is -2.48. The number of aliphatic carboxylic acids is 1. The largest absolute Gasteiger partial charge is 0.507 e. The molecule has 0 radical (unpaired) electrons.